The van der Waals surface area contributed by atoms with E-state index in [0.717, 1.165) is 26.4 Å². The third-order valence-corrected chi connectivity index (χ3v) is 3.74. The lowest BCUT2D eigenvalue weighted by atomic mass is 9.92. The minimum absolute atomic E-state index is 0.0589. The monoisotopic (exact) mass is 269 g/mol. The van der Waals surface area contributed by atoms with Crippen LogP contribution < -0.4 is 14.8 Å². The van der Waals surface area contributed by atoms with Crippen molar-refractivity contribution in [2.24, 2.45) is 5.92 Å². The molecule has 1 unspecified atom stereocenters. The highest BCUT2D eigenvalue weighted by Gasteiger charge is 2.32. The predicted octanol–water partition coefficient (Wildman–Crippen LogP) is 2.68. The Morgan fingerprint density at radius 3 is 2.68 bits per heavy atom. The van der Waals surface area contributed by atoms with Crippen LogP contribution in [0, 0.1) is 5.92 Å². The Hall–Kier alpha value is -1.36. The summed E-state index contributed by atoms with van der Waals surface area (Å²) < 4.78 is 38.0. The minimum Gasteiger partial charge on any atom is -0.454 e. The minimum atomic E-state index is -2.86. The van der Waals surface area contributed by atoms with Gasteiger partial charge >= 0.3 is 0 Å². The molecule has 0 radical (unpaired) electrons. The molecule has 0 aromatic heterocycles. The first-order valence-electron chi connectivity index (χ1n) is 6.55. The molecule has 2 heterocycles. The smallest absolute Gasteiger partial charge is 0.270 e. The Labute approximate surface area is 110 Å². The van der Waals surface area contributed by atoms with Crippen LogP contribution in [0.5, 0.6) is 11.5 Å². The van der Waals surface area contributed by atoms with Crippen molar-refractivity contribution in [2.45, 2.75) is 25.7 Å². The van der Waals surface area contributed by atoms with Gasteiger partial charge in [-0.3, -0.25) is 0 Å². The molecule has 5 heteroatoms. The van der Waals surface area contributed by atoms with E-state index in [9.17, 15) is 8.78 Å². The Morgan fingerprint density at radius 1 is 1.32 bits per heavy atom. The first-order valence-corrected chi connectivity index (χ1v) is 6.55. The normalized spacial score (nSPS) is 21.9. The van der Waals surface area contributed by atoms with Crippen LogP contribution in [0.25, 0.3) is 0 Å². The molecule has 1 N–H and O–H groups in total. The molecular weight excluding hydrogens is 252 g/mol. The maximum atomic E-state index is 13.7. The SMILES string of the molecule is CC(F)(F)c1cc2c(cc1CC1CCNC1)OCO2. The first-order chi connectivity index (χ1) is 9.04. The van der Waals surface area contributed by atoms with Gasteiger partial charge < -0.3 is 14.8 Å². The second kappa shape index (κ2) is 4.63. The lowest BCUT2D eigenvalue weighted by Gasteiger charge is -2.18. The Bertz CT molecular complexity index is 479. The first kappa shape index (κ1) is 12.7. The maximum Gasteiger partial charge on any atom is 0.270 e. The molecule has 3 rings (SSSR count). The van der Waals surface area contributed by atoms with Crippen molar-refractivity contribution in [3.8, 4) is 11.5 Å². The summed E-state index contributed by atoms with van der Waals surface area (Å²) in [6.07, 6.45) is 1.69. The van der Waals surface area contributed by atoms with E-state index < -0.39 is 5.92 Å². The maximum absolute atomic E-state index is 13.7. The fourth-order valence-electron chi connectivity index (χ4n) is 2.76. The van der Waals surface area contributed by atoms with Gasteiger partial charge in [0.2, 0.25) is 6.79 Å². The molecular formula is C14H17F2NO2. The molecule has 2 aliphatic rings. The zero-order valence-corrected chi connectivity index (χ0v) is 10.8. The van der Waals surface area contributed by atoms with E-state index in [-0.39, 0.29) is 12.4 Å². The van der Waals surface area contributed by atoms with Gasteiger partial charge in [-0.2, -0.15) is 0 Å². The molecule has 19 heavy (non-hydrogen) atoms. The van der Waals surface area contributed by atoms with Gasteiger partial charge in [0.05, 0.1) is 0 Å². The Morgan fingerprint density at radius 2 is 2.05 bits per heavy atom. The van der Waals surface area contributed by atoms with Crippen LogP contribution in [0.1, 0.15) is 24.5 Å². The van der Waals surface area contributed by atoms with Crippen molar-refractivity contribution in [3.05, 3.63) is 23.3 Å². The van der Waals surface area contributed by atoms with Crippen molar-refractivity contribution in [1.82, 2.24) is 5.32 Å². The molecule has 1 aromatic rings. The van der Waals surface area contributed by atoms with Crippen LogP contribution >= 0.6 is 0 Å². The number of rotatable bonds is 3. The highest BCUT2D eigenvalue weighted by atomic mass is 19.3. The third kappa shape index (κ3) is 2.52. The summed E-state index contributed by atoms with van der Waals surface area (Å²) >= 11 is 0. The summed E-state index contributed by atoms with van der Waals surface area (Å²) in [5, 5.41) is 3.26. The number of alkyl halides is 2. The zero-order valence-electron chi connectivity index (χ0n) is 10.8. The van der Waals surface area contributed by atoms with Gasteiger partial charge in [-0.25, -0.2) is 8.78 Å². The van der Waals surface area contributed by atoms with Crippen molar-refractivity contribution < 1.29 is 18.3 Å². The highest BCUT2D eigenvalue weighted by molar-refractivity contribution is 5.50. The second-order valence-corrected chi connectivity index (χ2v) is 5.31. The topological polar surface area (TPSA) is 30.5 Å². The number of benzene rings is 1. The van der Waals surface area contributed by atoms with Gasteiger partial charge in [0.1, 0.15) is 0 Å². The Balaban J connectivity index is 1.95. The summed E-state index contributed by atoms with van der Waals surface area (Å²) in [7, 11) is 0. The summed E-state index contributed by atoms with van der Waals surface area (Å²) in [6, 6.07) is 3.15. The fraction of sp³-hybridized carbons (Fsp3) is 0.571. The van der Waals surface area contributed by atoms with Crippen LogP contribution in [0.15, 0.2) is 12.1 Å². The van der Waals surface area contributed by atoms with Gasteiger partial charge in [-0.05, 0) is 49.5 Å². The number of hydrogen-bond donors (Lipinski definition) is 1. The number of halogens is 2. The number of fused-ring (bicyclic) bond motifs is 1. The molecule has 0 spiro atoms. The molecule has 0 aliphatic carbocycles. The summed E-state index contributed by atoms with van der Waals surface area (Å²) in [6.45, 7) is 2.90. The molecule has 0 bridgehead atoms. The molecule has 1 aromatic carbocycles. The van der Waals surface area contributed by atoms with Crippen molar-refractivity contribution >= 4 is 0 Å². The van der Waals surface area contributed by atoms with Gasteiger partial charge in [0, 0.05) is 12.5 Å². The van der Waals surface area contributed by atoms with E-state index in [1.165, 1.54) is 6.07 Å². The van der Waals surface area contributed by atoms with Crippen LogP contribution in [0.3, 0.4) is 0 Å². The average Bonchev–Trinajstić information content (AvgIpc) is 2.96. The molecule has 0 amide bonds. The lowest BCUT2D eigenvalue weighted by molar-refractivity contribution is 0.0162. The standard InChI is InChI=1S/C14H17F2NO2/c1-14(15,16)11-6-13-12(18-8-19-13)5-10(11)4-9-2-3-17-7-9/h5-6,9,17H,2-4,7-8H2,1H3. The van der Waals surface area contributed by atoms with Crippen LogP contribution in [0.2, 0.25) is 0 Å². The van der Waals surface area contributed by atoms with E-state index in [1.807, 2.05) is 0 Å². The lowest BCUT2D eigenvalue weighted by Crippen LogP contribution is -2.15. The third-order valence-electron chi connectivity index (χ3n) is 3.74. The van der Waals surface area contributed by atoms with Crippen LogP contribution in [0.4, 0.5) is 8.78 Å². The van der Waals surface area contributed by atoms with Crippen molar-refractivity contribution in [1.29, 1.82) is 0 Å². The summed E-state index contributed by atoms with van der Waals surface area (Å²) in [5.41, 5.74) is 0.731. The number of hydrogen-bond acceptors (Lipinski definition) is 3. The molecule has 1 atom stereocenters. The van der Waals surface area contributed by atoms with Gasteiger partial charge in [-0.15, -0.1) is 0 Å². The van der Waals surface area contributed by atoms with E-state index in [1.54, 1.807) is 6.07 Å². The van der Waals surface area contributed by atoms with Crippen LogP contribution in [-0.4, -0.2) is 19.9 Å². The molecule has 1 fully saturated rings. The molecule has 2 aliphatic heterocycles. The van der Waals surface area contributed by atoms with E-state index in [0.29, 0.717) is 29.4 Å². The summed E-state index contributed by atoms with van der Waals surface area (Å²) in [5.74, 6) is -1.44. The second-order valence-electron chi connectivity index (χ2n) is 5.31. The van der Waals surface area contributed by atoms with Gasteiger partial charge in [0.25, 0.3) is 5.92 Å². The zero-order chi connectivity index (χ0) is 13.5. The molecule has 104 valence electrons. The van der Waals surface area contributed by atoms with E-state index in [4.69, 9.17) is 9.47 Å². The van der Waals surface area contributed by atoms with Crippen molar-refractivity contribution in [2.75, 3.05) is 19.9 Å². The number of ether oxygens (including phenoxy) is 2. The van der Waals surface area contributed by atoms with Gasteiger partial charge in [0.15, 0.2) is 11.5 Å². The largest absolute Gasteiger partial charge is 0.454 e. The predicted molar refractivity (Wildman–Crippen MR) is 66.8 cm³/mol. The summed E-state index contributed by atoms with van der Waals surface area (Å²) in [4.78, 5) is 0. The highest BCUT2D eigenvalue weighted by Crippen LogP contribution is 2.41. The van der Waals surface area contributed by atoms with Gasteiger partial charge in [-0.1, -0.05) is 0 Å². The molecule has 1 saturated heterocycles. The van der Waals surface area contributed by atoms with Crippen LogP contribution in [-0.2, 0) is 12.3 Å². The number of nitrogens with one attached hydrogen (secondary N) is 1. The quantitative estimate of drug-likeness (QED) is 0.915. The fourth-order valence-corrected chi connectivity index (χ4v) is 2.76. The Kier molecular flexibility index (Phi) is 3.09. The van der Waals surface area contributed by atoms with Crippen molar-refractivity contribution in [3.63, 3.8) is 0 Å². The van der Waals surface area contributed by atoms with E-state index >= 15 is 0 Å². The molecule has 0 saturated carbocycles. The molecule has 3 nitrogen and oxygen atoms in total. The van der Waals surface area contributed by atoms with E-state index in [2.05, 4.69) is 5.32 Å². The average molecular weight is 269 g/mol.